The predicted molar refractivity (Wildman–Crippen MR) is 45.1 cm³/mol. The Morgan fingerprint density at radius 1 is 1.50 bits per heavy atom. The summed E-state index contributed by atoms with van der Waals surface area (Å²) in [5, 5.41) is 8.76. The third-order valence-electron chi connectivity index (χ3n) is 1.18. The summed E-state index contributed by atoms with van der Waals surface area (Å²) in [4.78, 5) is 0. The Labute approximate surface area is 64.0 Å². The third-order valence-corrected chi connectivity index (χ3v) is 1.18. The lowest BCUT2D eigenvalue weighted by molar-refractivity contribution is -0.0706. The second kappa shape index (κ2) is 3.99. The van der Waals surface area contributed by atoms with E-state index >= 15 is 0 Å². The monoisotopic (exact) mass is 144 g/mol. The van der Waals surface area contributed by atoms with E-state index in [1.807, 2.05) is 28.6 Å². The standard InChI is InChI=1S/C7H17BO2/c1-7(2,3)10-6(4-8)5-9/h6,9H,4-5,8H2,1-3H3. The maximum Gasteiger partial charge on any atom is 0.104 e. The molecule has 0 saturated heterocycles. The lowest BCUT2D eigenvalue weighted by atomic mass is 9.99. The summed E-state index contributed by atoms with van der Waals surface area (Å²) in [5.74, 6) is 0. The van der Waals surface area contributed by atoms with Crippen molar-refractivity contribution in [2.24, 2.45) is 0 Å². The molecule has 0 spiro atoms. The summed E-state index contributed by atoms with van der Waals surface area (Å²) in [6.45, 7) is 6.09. The van der Waals surface area contributed by atoms with Crippen molar-refractivity contribution in [3.63, 3.8) is 0 Å². The molecule has 0 aliphatic rings. The van der Waals surface area contributed by atoms with Gasteiger partial charge in [0, 0.05) is 0 Å². The molecule has 0 aliphatic heterocycles. The van der Waals surface area contributed by atoms with Crippen molar-refractivity contribution in [1.82, 2.24) is 0 Å². The van der Waals surface area contributed by atoms with Gasteiger partial charge < -0.3 is 9.84 Å². The topological polar surface area (TPSA) is 29.5 Å². The molecule has 60 valence electrons. The second-order valence-corrected chi connectivity index (χ2v) is 3.44. The molecule has 0 aromatic rings. The Morgan fingerprint density at radius 3 is 2.10 bits per heavy atom. The summed E-state index contributed by atoms with van der Waals surface area (Å²) in [5.41, 5.74) is -0.136. The zero-order valence-corrected chi connectivity index (χ0v) is 7.35. The summed E-state index contributed by atoms with van der Waals surface area (Å²) >= 11 is 0. The molecule has 1 atom stereocenters. The van der Waals surface area contributed by atoms with Crippen LogP contribution in [0.15, 0.2) is 0 Å². The number of hydrogen-bond donors (Lipinski definition) is 1. The molecule has 2 nitrogen and oxygen atoms in total. The SMILES string of the molecule is BCC(CO)OC(C)(C)C. The fraction of sp³-hybridized carbons (Fsp3) is 1.00. The Morgan fingerprint density at radius 2 is 2.00 bits per heavy atom. The molecule has 0 amide bonds. The van der Waals surface area contributed by atoms with Gasteiger partial charge in [0.2, 0.25) is 0 Å². The molecular formula is C7H17BO2. The molecule has 0 rings (SSSR count). The lowest BCUT2D eigenvalue weighted by Gasteiger charge is -2.25. The average Bonchev–Trinajstić information content (AvgIpc) is 1.81. The first-order valence-electron chi connectivity index (χ1n) is 3.78. The van der Waals surface area contributed by atoms with Crippen LogP contribution in [0, 0.1) is 0 Å². The van der Waals surface area contributed by atoms with Crippen molar-refractivity contribution >= 4 is 7.85 Å². The average molecular weight is 144 g/mol. The highest BCUT2D eigenvalue weighted by molar-refractivity contribution is 6.08. The van der Waals surface area contributed by atoms with Crippen molar-refractivity contribution < 1.29 is 9.84 Å². The van der Waals surface area contributed by atoms with Crippen LogP contribution < -0.4 is 0 Å². The molecule has 0 aromatic carbocycles. The van der Waals surface area contributed by atoms with Crippen molar-refractivity contribution in [3.05, 3.63) is 0 Å². The Balaban J connectivity index is 3.63. The van der Waals surface area contributed by atoms with Gasteiger partial charge in [0.25, 0.3) is 0 Å². The van der Waals surface area contributed by atoms with Crippen LogP contribution in [0.4, 0.5) is 0 Å². The molecule has 1 unspecified atom stereocenters. The van der Waals surface area contributed by atoms with E-state index in [-0.39, 0.29) is 18.3 Å². The molecule has 0 heterocycles. The highest BCUT2D eigenvalue weighted by atomic mass is 16.5. The third kappa shape index (κ3) is 4.83. The van der Waals surface area contributed by atoms with E-state index in [0.717, 1.165) is 6.32 Å². The van der Waals surface area contributed by atoms with Gasteiger partial charge in [-0.2, -0.15) is 0 Å². The molecule has 0 aliphatic carbocycles. The van der Waals surface area contributed by atoms with Gasteiger partial charge in [-0.15, -0.1) is 0 Å². The van der Waals surface area contributed by atoms with E-state index in [2.05, 4.69) is 0 Å². The zero-order chi connectivity index (χ0) is 8.20. The Bertz CT molecular complexity index is 84.1. The van der Waals surface area contributed by atoms with Crippen molar-refractivity contribution in [2.45, 2.75) is 38.8 Å². The first-order valence-corrected chi connectivity index (χ1v) is 3.78. The van der Waals surface area contributed by atoms with Gasteiger partial charge in [-0.05, 0) is 20.8 Å². The molecule has 0 saturated carbocycles. The van der Waals surface area contributed by atoms with Crippen LogP contribution in [0.25, 0.3) is 0 Å². The number of aliphatic hydroxyl groups is 1. The fourth-order valence-electron chi connectivity index (χ4n) is 0.750. The van der Waals surface area contributed by atoms with Gasteiger partial charge in [0.15, 0.2) is 0 Å². The number of hydrogen-bond acceptors (Lipinski definition) is 2. The Kier molecular flexibility index (Phi) is 3.98. The number of ether oxygens (including phenoxy) is 1. The van der Waals surface area contributed by atoms with Crippen LogP contribution in [-0.4, -0.2) is 31.3 Å². The van der Waals surface area contributed by atoms with Gasteiger partial charge >= 0.3 is 0 Å². The molecular weight excluding hydrogens is 127 g/mol. The number of rotatable bonds is 3. The molecule has 10 heavy (non-hydrogen) atoms. The van der Waals surface area contributed by atoms with Crippen LogP contribution in [0.5, 0.6) is 0 Å². The van der Waals surface area contributed by atoms with Crippen LogP contribution in [0.1, 0.15) is 20.8 Å². The van der Waals surface area contributed by atoms with E-state index in [4.69, 9.17) is 9.84 Å². The van der Waals surface area contributed by atoms with E-state index in [1.54, 1.807) is 0 Å². The van der Waals surface area contributed by atoms with Crippen LogP contribution in [0.3, 0.4) is 0 Å². The van der Waals surface area contributed by atoms with Gasteiger partial charge in [0.05, 0.1) is 18.3 Å². The Hall–Kier alpha value is -0.0151. The van der Waals surface area contributed by atoms with E-state index in [9.17, 15) is 0 Å². The first-order chi connectivity index (χ1) is 4.49. The fourth-order valence-corrected chi connectivity index (χ4v) is 0.750. The van der Waals surface area contributed by atoms with Crippen molar-refractivity contribution in [3.8, 4) is 0 Å². The minimum atomic E-state index is -0.136. The highest BCUT2D eigenvalue weighted by Gasteiger charge is 2.15. The van der Waals surface area contributed by atoms with Gasteiger partial charge in [-0.3, -0.25) is 0 Å². The van der Waals surface area contributed by atoms with Gasteiger partial charge in [-0.1, -0.05) is 6.32 Å². The minimum Gasteiger partial charge on any atom is -0.394 e. The lowest BCUT2D eigenvalue weighted by Crippen LogP contribution is -2.29. The quantitative estimate of drug-likeness (QED) is 0.574. The predicted octanol–water partition coefficient (Wildman–Crippen LogP) is 0.214. The second-order valence-electron chi connectivity index (χ2n) is 3.44. The summed E-state index contributed by atoms with van der Waals surface area (Å²) in [6.07, 6.45) is 0.869. The summed E-state index contributed by atoms with van der Waals surface area (Å²) in [7, 11) is 2.01. The van der Waals surface area contributed by atoms with Crippen LogP contribution >= 0.6 is 0 Å². The minimum absolute atomic E-state index is 0.000000000000000444. The largest absolute Gasteiger partial charge is 0.394 e. The molecule has 0 aromatic heterocycles. The van der Waals surface area contributed by atoms with Crippen molar-refractivity contribution in [1.29, 1.82) is 0 Å². The normalized spacial score (nSPS) is 15.2. The number of aliphatic hydroxyl groups excluding tert-OH is 1. The smallest absolute Gasteiger partial charge is 0.104 e. The van der Waals surface area contributed by atoms with E-state index in [0.29, 0.717) is 0 Å². The van der Waals surface area contributed by atoms with Crippen LogP contribution in [-0.2, 0) is 4.74 Å². The molecule has 1 N–H and O–H groups in total. The maximum absolute atomic E-state index is 8.76. The summed E-state index contributed by atoms with van der Waals surface area (Å²) < 4.78 is 5.49. The van der Waals surface area contributed by atoms with Gasteiger partial charge in [-0.25, -0.2) is 0 Å². The molecule has 3 heteroatoms. The highest BCUT2D eigenvalue weighted by Crippen LogP contribution is 2.11. The van der Waals surface area contributed by atoms with E-state index < -0.39 is 0 Å². The maximum atomic E-state index is 8.76. The molecule has 0 fully saturated rings. The first kappa shape index (κ1) is 9.98. The summed E-state index contributed by atoms with van der Waals surface area (Å²) in [6, 6.07) is 0. The van der Waals surface area contributed by atoms with Gasteiger partial charge in [0.1, 0.15) is 7.85 Å². The van der Waals surface area contributed by atoms with Crippen LogP contribution in [0.2, 0.25) is 6.32 Å². The zero-order valence-electron chi connectivity index (χ0n) is 7.35. The van der Waals surface area contributed by atoms with Crippen molar-refractivity contribution in [2.75, 3.05) is 6.61 Å². The molecule has 0 bridgehead atoms. The van der Waals surface area contributed by atoms with E-state index in [1.165, 1.54) is 0 Å². The molecule has 0 radical (unpaired) electrons.